The van der Waals surface area contributed by atoms with Crippen LogP contribution in [-0.4, -0.2) is 54.9 Å². The van der Waals surface area contributed by atoms with E-state index in [4.69, 9.17) is 0 Å². The summed E-state index contributed by atoms with van der Waals surface area (Å²) in [7, 11) is 0. The number of hydrogen-bond donors (Lipinski definition) is 0. The number of nitrogens with zero attached hydrogens (tertiary/aromatic N) is 2. The van der Waals surface area contributed by atoms with Gasteiger partial charge in [0.25, 0.3) is 0 Å². The van der Waals surface area contributed by atoms with Crippen LogP contribution in [0.1, 0.15) is 23.2 Å². The van der Waals surface area contributed by atoms with Crippen molar-refractivity contribution in [2.45, 2.75) is 12.8 Å². The molecule has 1 aromatic rings. The lowest BCUT2D eigenvalue weighted by molar-refractivity contribution is 0.0843. The minimum absolute atomic E-state index is 0.112. The van der Waals surface area contributed by atoms with Crippen LogP contribution in [0, 0.1) is 11.7 Å². The zero-order valence-corrected chi connectivity index (χ0v) is 11.7. The largest absolute Gasteiger partial charge is 0.301 e. The summed E-state index contributed by atoms with van der Waals surface area (Å²) < 4.78 is 13.6. The predicted molar refractivity (Wildman–Crippen MR) is 76.3 cm³/mol. The van der Waals surface area contributed by atoms with Crippen molar-refractivity contribution in [3.05, 3.63) is 35.6 Å². The molecule has 0 bridgehead atoms. The van der Waals surface area contributed by atoms with Crippen LogP contribution in [0.4, 0.5) is 4.39 Å². The molecule has 3 nitrogen and oxygen atoms in total. The Balaban J connectivity index is 1.49. The summed E-state index contributed by atoms with van der Waals surface area (Å²) in [5.74, 6) is 0.394. The van der Waals surface area contributed by atoms with E-state index < -0.39 is 5.82 Å². The van der Waals surface area contributed by atoms with Crippen molar-refractivity contribution in [2.75, 3.05) is 39.3 Å². The Hall–Kier alpha value is -1.26. The molecule has 4 heteroatoms. The lowest BCUT2D eigenvalue weighted by atomic mass is 10.1. The lowest BCUT2D eigenvalue weighted by Crippen LogP contribution is -2.48. The molecule has 0 N–H and O–H groups in total. The lowest BCUT2D eigenvalue weighted by Gasteiger charge is -2.34. The Morgan fingerprint density at radius 3 is 2.40 bits per heavy atom. The highest BCUT2D eigenvalue weighted by molar-refractivity contribution is 5.97. The average Bonchev–Trinajstić information content (AvgIpc) is 3.25. The maximum atomic E-state index is 13.6. The predicted octanol–water partition coefficient (Wildman–Crippen LogP) is 2.04. The third-order valence-electron chi connectivity index (χ3n) is 4.22. The van der Waals surface area contributed by atoms with Crippen LogP contribution in [-0.2, 0) is 0 Å². The van der Waals surface area contributed by atoms with Gasteiger partial charge in [-0.1, -0.05) is 12.1 Å². The van der Waals surface area contributed by atoms with E-state index in [1.54, 1.807) is 18.2 Å². The first-order chi connectivity index (χ1) is 9.72. The van der Waals surface area contributed by atoms with E-state index in [1.807, 2.05) is 0 Å². The Morgan fingerprint density at radius 2 is 1.75 bits per heavy atom. The third-order valence-corrected chi connectivity index (χ3v) is 4.22. The van der Waals surface area contributed by atoms with Crippen LogP contribution in [0.25, 0.3) is 0 Å². The van der Waals surface area contributed by atoms with E-state index in [1.165, 1.54) is 25.5 Å². The normalized spacial score (nSPS) is 21.1. The highest BCUT2D eigenvalue weighted by atomic mass is 19.1. The molecule has 2 fully saturated rings. The molecule has 1 heterocycles. The van der Waals surface area contributed by atoms with Gasteiger partial charge in [-0.15, -0.1) is 0 Å². The van der Waals surface area contributed by atoms with Crippen LogP contribution in [0.5, 0.6) is 0 Å². The highest BCUT2D eigenvalue weighted by Crippen LogP contribution is 2.29. The van der Waals surface area contributed by atoms with Crippen LogP contribution < -0.4 is 0 Å². The molecule has 1 aliphatic heterocycles. The number of rotatable bonds is 5. The first kappa shape index (κ1) is 13.7. The topological polar surface area (TPSA) is 23.6 Å². The molecule has 0 radical (unpaired) electrons. The van der Waals surface area contributed by atoms with E-state index in [0.29, 0.717) is 6.54 Å². The molecule has 1 saturated carbocycles. The molecule has 0 unspecified atom stereocenters. The maximum absolute atomic E-state index is 13.6. The second kappa shape index (κ2) is 6.02. The van der Waals surface area contributed by atoms with E-state index in [9.17, 15) is 9.18 Å². The number of ketones is 1. The van der Waals surface area contributed by atoms with E-state index in [0.717, 1.165) is 32.1 Å². The second-order valence-corrected chi connectivity index (χ2v) is 5.92. The molecule has 0 amide bonds. The fourth-order valence-electron chi connectivity index (χ4n) is 2.77. The minimum atomic E-state index is -0.412. The van der Waals surface area contributed by atoms with Crippen LogP contribution >= 0.6 is 0 Å². The van der Waals surface area contributed by atoms with Gasteiger partial charge < -0.3 is 4.90 Å². The summed E-state index contributed by atoms with van der Waals surface area (Å²) in [5, 5.41) is 0. The number of piperazine rings is 1. The van der Waals surface area contributed by atoms with E-state index in [2.05, 4.69) is 9.80 Å². The molecule has 20 heavy (non-hydrogen) atoms. The smallest absolute Gasteiger partial charge is 0.179 e. The quantitative estimate of drug-likeness (QED) is 0.769. The van der Waals surface area contributed by atoms with Crippen LogP contribution in [0.2, 0.25) is 0 Å². The number of Topliss-reactive ketones (excluding diaryl/α,β-unsaturated/α-hetero) is 1. The Morgan fingerprint density at radius 1 is 1.10 bits per heavy atom. The SMILES string of the molecule is O=C(CN1CCN(CC2CC2)CC1)c1ccccc1F. The molecule has 1 aliphatic carbocycles. The average molecular weight is 276 g/mol. The summed E-state index contributed by atoms with van der Waals surface area (Å²) in [4.78, 5) is 16.7. The van der Waals surface area contributed by atoms with Crippen molar-refractivity contribution in [3.8, 4) is 0 Å². The fourth-order valence-corrected chi connectivity index (χ4v) is 2.77. The molecule has 1 saturated heterocycles. The van der Waals surface area contributed by atoms with Gasteiger partial charge in [0.1, 0.15) is 5.82 Å². The zero-order valence-electron chi connectivity index (χ0n) is 11.7. The molecule has 2 aliphatic rings. The maximum Gasteiger partial charge on any atom is 0.179 e. The van der Waals surface area contributed by atoms with Gasteiger partial charge in [-0.25, -0.2) is 4.39 Å². The Kier molecular flexibility index (Phi) is 4.13. The van der Waals surface area contributed by atoms with Crippen LogP contribution in [0.15, 0.2) is 24.3 Å². The first-order valence-corrected chi connectivity index (χ1v) is 7.45. The molecule has 3 rings (SSSR count). The molecule has 0 atom stereocenters. The van der Waals surface area contributed by atoms with Crippen molar-refractivity contribution >= 4 is 5.78 Å². The van der Waals surface area contributed by atoms with Gasteiger partial charge in [0.2, 0.25) is 0 Å². The summed E-state index contributed by atoms with van der Waals surface area (Å²) >= 11 is 0. The van der Waals surface area contributed by atoms with Crippen molar-refractivity contribution in [2.24, 2.45) is 5.92 Å². The van der Waals surface area contributed by atoms with Crippen molar-refractivity contribution in [1.82, 2.24) is 9.80 Å². The molecular weight excluding hydrogens is 255 g/mol. The molecule has 0 spiro atoms. The molecule has 0 aromatic heterocycles. The summed E-state index contributed by atoms with van der Waals surface area (Å²) in [6, 6.07) is 6.24. The van der Waals surface area contributed by atoms with Gasteiger partial charge in [-0.05, 0) is 30.9 Å². The van der Waals surface area contributed by atoms with E-state index >= 15 is 0 Å². The van der Waals surface area contributed by atoms with Gasteiger partial charge in [0, 0.05) is 32.7 Å². The second-order valence-electron chi connectivity index (χ2n) is 5.92. The Bertz CT molecular complexity index is 479. The monoisotopic (exact) mass is 276 g/mol. The summed E-state index contributed by atoms with van der Waals surface area (Å²) in [6.07, 6.45) is 2.76. The number of carbonyl (C=O) groups excluding carboxylic acids is 1. The van der Waals surface area contributed by atoms with Gasteiger partial charge in [0.05, 0.1) is 12.1 Å². The van der Waals surface area contributed by atoms with Gasteiger partial charge >= 0.3 is 0 Å². The standard InChI is InChI=1S/C16H21FN2O/c17-15-4-2-1-3-14(15)16(20)12-19-9-7-18(8-10-19)11-13-5-6-13/h1-4,13H,5-12H2. The van der Waals surface area contributed by atoms with Crippen molar-refractivity contribution < 1.29 is 9.18 Å². The number of halogens is 1. The number of carbonyl (C=O) groups is 1. The third kappa shape index (κ3) is 3.44. The number of benzene rings is 1. The van der Waals surface area contributed by atoms with E-state index in [-0.39, 0.29) is 11.3 Å². The van der Waals surface area contributed by atoms with Gasteiger partial charge in [0.15, 0.2) is 5.78 Å². The van der Waals surface area contributed by atoms with Crippen molar-refractivity contribution in [3.63, 3.8) is 0 Å². The van der Waals surface area contributed by atoms with Gasteiger partial charge in [-0.3, -0.25) is 9.69 Å². The minimum Gasteiger partial charge on any atom is -0.301 e. The molecule has 108 valence electrons. The molecule has 1 aromatic carbocycles. The van der Waals surface area contributed by atoms with Gasteiger partial charge in [-0.2, -0.15) is 0 Å². The summed E-state index contributed by atoms with van der Waals surface area (Å²) in [5.41, 5.74) is 0.216. The molecular formula is C16H21FN2O. The van der Waals surface area contributed by atoms with Crippen molar-refractivity contribution in [1.29, 1.82) is 0 Å². The Labute approximate surface area is 119 Å². The summed E-state index contributed by atoms with van der Waals surface area (Å²) in [6.45, 7) is 5.43. The van der Waals surface area contributed by atoms with Crippen LogP contribution in [0.3, 0.4) is 0 Å². The zero-order chi connectivity index (χ0) is 13.9. The number of hydrogen-bond acceptors (Lipinski definition) is 3. The fraction of sp³-hybridized carbons (Fsp3) is 0.562. The highest BCUT2D eigenvalue weighted by Gasteiger charge is 2.27. The first-order valence-electron chi connectivity index (χ1n) is 7.45.